The van der Waals surface area contributed by atoms with Crippen molar-refractivity contribution in [2.45, 2.75) is 52.7 Å². The Morgan fingerprint density at radius 1 is 1.32 bits per heavy atom. The molecular weight excluding hydrogens is 262 g/mol. The molecule has 1 rings (SSSR count). The highest BCUT2D eigenvalue weighted by Gasteiger charge is 2.18. The highest BCUT2D eigenvalue weighted by molar-refractivity contribution is 6.18. The summed E-state index contributed by atoms with van der Waals surface area (Å²) in [5.41, 5.74) is 0. The van der Waals surface area contributed by atoms with Crippen molar-refractivity contribution in [2.75, 3.05) is 17.3 Å². The molecule has 5 heteroatoms. The molecule has 0 fully saturated rings. The zero-order valence-corrected chi connectivity index (χ0v) is 13.0. The lowest BCUT2D eigenvalue weighted by Crippen LogP contribution is -2.37. The summed E-state index contributed by atoms with van der Waals surface area (Å²) in [6, 6.07) is 2.20. The van der Waals surface area contributed by atoms with E-state index in [1.54, 1.807) is 12.3 Å². The summed E-state index contributed by atoms with van der Waals surface area (Å²) in [5.74, 6) is 1.88. The van der Waals surface area contributed by atoms with Crippen LogP contribution in [0.3, 0.4) is 0 Å². The third kappa shape index (κ3) is 4.86. The number of alkyl halides is 1. The first-order chi connectivity index (χ1) is 9.12. The lowest BCUT2D eigenvalue weighted by Gasteiger charge is -2.30. The van der Waals surface area contributed by atoms with E-state index in [-0.39, 0.29) is 6.10 Å². The topological polar surface area (TPSA) is 38.2 Å². The van der Waals surface area contributed by atoms with Gasteiger partial charge in [0.05, 0.1) is 6.10 Å². The monoisotopic (exact) mass is 285 g/mol. The van der Waals surface area contributed by atoms with Gasteiger partial charge in [-0.15, -0.1) is 11.6 Å². The molecule has 0 atom stereocenters. The van der Waals surface area contributed by atoms with Crippen LogP contribution in [0.1, 0.15) is 40.5 Å². The lowest BCUT2D eigenvalue weighted by molar-refractivity contribution is 0.232. The second-order valence-corrected chi connectivity index (χ2v) is 5.09. The van der Waals surface area contributed by atoms with Crippen LogP contribution in [0, 0.1) is 0 Å². The van der Waals surface area contributed by atoms with Gasteiger partial charge in [-0.1, -0.05) is 13.8 Å². The van der Waals surface area contributed by atoms with Crippen LogP contribution >= 0.6 is 11.6 Å². The SMILES string of the molecule is CCC(CC)N(CCCl)c1nccc(OC(C)C)n1. The lowest BCUT2D eigenvalue weighted by atomic mass is 10.1. The van der Waals surface area contributed by atoms with Gasteiger partial charge >= 0.3 is 0 Å². The van der Waals surface area contributed by atoms with Gasteiger partial charge in [-0.2, -0.15) is 4.98 Å². The third-order valence-electron chi connectivity index (χ3n) is 2.94. The van der Waals surface area contributed by atoms with E-state index in [1.807, 2.05) is 13.8 Å². The first-order valence-electron chi connectivity index (χ1n) is 6.94. The Bertz CT molecular complexity index is 369. The molecule has 1 aromatic rings. The normalized spacial score (nSPS) is 11.1. The molecule has 0 aromatic carbocycles. The molecule has 0 aliphatic rings. The van der Waals surface area contributed by atoms with Crippen molar-refractivity contribution in [3.63, 3.8) is 0 Å². The van der Waals surface area contributed by atoms with E-state index >= 15 is 0 Å². The first kappa shape index (κ1) is 16.0. The van der Waals surface area contributed by atoms with Crippen LogP contribution in [-0.4, -0.2) is 34.5 Å². The van der Waals surface area contributed by atoms with E-state index < -0.39 is 0 Å². The van der Waals surface area contributed by atoms with Gasteiger partial charge in [-0.25, -0.2) is 4.98 Å². The Kier molecular flexibility index (Phi) is 6.92. The van der Waals surface area contributed by atoms with Gasteiger partial charge < -0.3 is 9.64 Å². The largest absolute Gasteiger partial charge is 0.475 e. The van der Waals surface area contributed by atoms with Crippen molar-refractivity contribution in [1.29, 1.82) is 0 Å². The van der Waals surface area contributed by atoms with Crippen molar-refractivity contribution >= 4 is 17.5 Å². The summed E-state index contributed by atoms with van der Waals surface area (Å²) in [6.45, 7) is 9.06. The fourth-order valence-electron chi connectivity index (χ4n) is 2.04. The summed E-state index contributed by atoms with van der Waals surface area (Å²) >= 11 is 5.90. The number of hydrogen-bond acceptors (Lipinski definition) is 4. The second-order valence-electron chi connectivity index (χ2n) is 4.71. The standard InChI is InChI=1S/C14H24ClN3O/c1-5-12(6-2)18(10-8-15)14-16-9-7-13(17-14)19-11(3)4/h7,9,11-12H,5-6,8,10H2,1-4H3. The van der Waals surface area contributed by atoms with Crippen molar-refractivity contribution in [1.82, 2.24) is 9.97 Å². The number of nitrogens with zero attached hydrogens (tertiary/aromatic N) is 3. The molecule has 0 N–H and O–H groups in total. The average molecular weight is 286 g/mol. The van der Waals surface area contributed by atoms with Gasteiger partial charge in [0.1, 0.15) is 0 Å². The van der Waals surface area contributed by atoms with Crippen LogP contribution in [0.5, 0.6) is 5.88 Å². The van der Waals surface area contributed by atoms with Crippen molar-refractivity contribution in [2.24, 2.45) is 0 Å². The van der Waals surface area contributed by atoms with Gasteiger partial charge in [0.25, 0.3) is 0 Å². The number of anilines is 1. The van der Waals surface area contributed by atoms with Crippen molar-refractivity contribution in [3.8, 4) is 5.88 Å². The number of aromatic nitrogens is 2. The molecule has 0 spiro atoms. The van der Waals surface area contributed by atoms with E-state index in [1.165, 1.54) is 0 Å². The molecule has 0 saturated heterocycles. The summed E-state index contributed by atoms with van der Waals surface area (Å²) in [5, 5.41) is 0. The molecule has 4 nitrogen and oxygen atoms in total. The molecule has 108 valence electrons. The number of rotatable bonds is 8. The maximum Gasteiger partial charge on any atom is 0.228 e. The maximum atomic E-state index is 5.90. The minimum atomic E-state index is 0.109. The predicted octanol–water partition coefficient (Wildman–Crippen LogP) is 3.50. The Labute approximate surface area is 121 Å². The minimum Gasteiger partial charge on any atom is -0.475 e. The fraction of sp³-hybridized carbons (Fsp3) is 0.714. The molecule has 0 bridgehead atoms. The van der Waals surface area contributed by atoms with Gasteiger partial charge in [0.2, 0.25) is 11.8 Å². The van der Waals surface area contributed by atoms with Crippen LogP contribution in [0.4, 0.5) is 5.95 Å². The highest BCUT2D eigenvalue weighted by atomic mass is 35.5. The average Bonchev–Trinajstić information content (AvgIpc) is 2.38. The van der Waals surface area contributed by atoms with Gasteiger partial charge in [0.15, 0.2) is 0 Å². The summed E-state index contributed by atoms with van der Waals surface area (Å²) in [4.78, 5) is 11.0. The van der Waals surface area contributed by atoms with E-state index in [9.17, 15) is 0 Å². The molecule has 19 heavy (non-hydrogen) atoms. The van der Waals surface area contributed by atoms with Gasteiger partial charge in [-0.3, -0.25) is 0 Å². The van der Waals surface area contributed by atoms with Crippen LogP contribution in [0.15, 0.2) is 12.3 Å². The second kappa shape index (κ2) is 8.20. The van der Waals surface area contributed by atoms with Crippen LogP contribution in [-0.2, 0) is 0 Å². The van der Waals surface area contributed by atoms with Crippen LogP contribution < -0.4 is 9.64 Å². The fourth-order valence-corrected chi connectivity index (χ4v) is 2.23. The molecule has 1 aromatic heterocycles. The molecule has 0 saturated carbocycles. The van der Waals surface area contributed by atoms with Crippen LogP contribution in [0.25, 0.3) is 0 Å². The Morgan fingerprint density at radius 2 is 2.00 bits per heavy atom. The molecular formula is C14H24ClN3O. The highest BCUT2D eigenvalue weighted by Crippen LogP contribution is 2.19. The van der Waals surface area contributed by atoms with Crippen molar-refractivity contribution in [3.05, 3.63) is 12.3 Å². The van der Waals surface area contributed by atoms with Gasteiger partial charge in [0, 0.05) is 30.7 Å². The molecule has 0 radical (unpaired) electrons. The quantitative estimate of drug-likeness (QED) is 0.685. The molecule has 0 aliphatic carbocycles. The summed E-state index contributed by atoms with van der Waals surface area (Å²) in [6.07, 6.45) is 3.94. The maximum absolute atomic E-state index is 5.90. The Balaban J connectivity index is 2.94. The number of hydrogen-bond donors (Lipinski definition) is 0. The molecule has 0 aliphatic heterocycles. The minimum absolute atomic E-state index is 0.109. The first-order valence-corrected chi connectivity index (χ1v) is 7.48. The molecule has 1 heterocycles. The Morgan fingerprint density at radius 3 is 2.53 bits per heavy atom. The van der Waals surface area contributed by atoms with E-state index in [4.69, 9.17) is 16.3 Å². The van der Waals surface area contributed by atoms with E-state index in [2.05, 4.69) is 28.7 Å². The molecule has 0 unspecified atom stereocenters. The molecule has 0 amide bonds. The van der Waals surface area contributed by atoms with E-state index in [0.717, 1.165) is 19.4 Å². The zero-order valence-electron chi connectivity index (χ0n) is 12.3. The number of ether oxygens (including phenoxy) is 1. The smallest absolute Gasteiger partial charge is 0.228 e. The third-order valence-corrected chi connectivity index (χ3v) is 3.11. The number of halogens is 1. The zero-order chi connectivity index (χ0) is 14.3. The Hall–Kier alpha value is -1.03. The summed E-state index contributed by atoms with van der Waals surface area (Å²) in [7, 11) is 0. The van der Waals surface area contributed by atoms with E-state index in [0.29, 0.717) is 23.8 Å². The van der Waals surface area contributed by atoms with Gasteiger partial charge in [-0.05, 0) is 26.7 Å². The predicted molar refractivity (Wildman–Crippen MR) is 80.2 cm³/mol. The summed E-state index contributed by atoms with van der Waals surface area (Å²) < 4.78 is 5.62. The van der Waals surface area contributed by atoms with Crippen LogP contribution in [0.2, 0.25) is 0 Å². The van der Waals surface area contributed by atoms with Crippen molar-refractivity contribution < 1.29 is 4.74 Å².